The van der Waals surface area contributed by atoms with Gasteiger partial charge in [-0.1, -0.05) is 22.0 Å². The summed E-state index contributed by atoms with van der Waals surface area (Å²) in [5.74, 6) is 0. The minimum absolute atomic E-state index is 0.654. The Balaban J connectivity index is 1.74. The summed E-state index contributed by atoms with van der Waals surface area (Å²) in [5, 5.41) is 0. The van der Waals surface area contributed by atoms with Gasteiger partial charge in [-0.05, 0) is 56.4 Å². The first-order valence-electron chi connectivity index (χ1n) is 7.91. The smallest absolute Gasteiger partial charge is 0.0352 e. The van der Waals surface area contributed by atoms with Gasteiger partial charge in [0.1, 0.15) is 0 Å². The van der Waals surface area contributed by atoms with Crippen LogP contribution < -0.4 is 0 Å². The van der Waals surface area contributed by atoms with Crippen LogP contribution in [0.25, 0.3) is 0 Å². The van der Waals surface area contributed by atoms with Crippen LogP contribution in [-0.2, 0) is 6.42 Å². The van der Waals surface area contributed by atoms with E-state index in [2.05, 4.69) is 57.8 Å². The fourth-order valence-corrected chi connectivity index (χ4v) is 4.11. The van der Waals surface area contributed by atoms with E-state index in [0.29, 0.717) is 12.1 Å². The lowest BCUT2D eigenvalue weighted by atomic mass is 9.86. The highest BCUT2D eigenvalue weighted by molar-refractivity contribution is 9.10. The molecule has 0 bridgehead atoms. The number of halogens is 1. The van der Waals surface area contributed by atoms with Gasteiger partial charge in [-0.25, -0.2) is 0 Å². The Morgan fingerprint density at radius 3 is 2.60 bits per heavy atom. The molecule has 20 heavy (non-hydrogen) atoms. The van der Waals surface area contributed by atoms with E-state index in [1.54, 1.807) is 11.1 Å². The van der Waals surface area contributed by atoms with Crippen LogP contribution in [0, 0.1) is 0 Å². The van der Waals surface area contributed by atoms with Crippen molar-refractivity contribution in [2.75, 3.05) is 26.2 Å². The predicted octanol–water partition coefficient (Wildman–Crippen LogP) is 3.85. The van der Waals surface area contributed by atoms with Crippen molar-refractivity contribution in [3.8, 4) is 0 Å². The summed E-state index contributed by atoms with van der Waals surface area (Å²) in [5.41, 5.74) is 3.14. The van der Waals surface area contributed by atoms with Crippen LogP contribution in [0.4, 0.5) is 0 Å². The lowest BCUT2D eigenvalue weighted by Crippen LogP contribution is -2.50. The van der Waals surface area contributed by atoms with E-state index >= 15 is 0 Å². The number of hydrogen-bond acceptors (Lipinski definition) is 2. The van der Waals surface area contributed by atoms with Crippen LogP contribution in [0.5, 0.6) is 0 Å². The van der Waals surface area contributed by atoms with Crippen LogP contribution in [0.2, 0.25) is 0 Å². The molecule has 0 radical (unpaired) electrons. The molecular weight excluding hydrogens is 312 g/mol. The second-order valence-corrected chi connectivity index (χ2v) is 7.33. The van der Waals surface area contributed by atoms with Crippen molar-refractivity contribution >= 4 is 15.9 Å². The zero-order valence-corrected chi connectivity index (χ0v) is 14.2. The van der Waals surface area contributed by atoms with E-state index in [1.165, 1.54) is 49.9 Å². The van der Waals surface area contributed by atoms with Crippen molar-refractivity contribution in [2.45, 2.75) is 45.2 Å². The maximum Gasteiger partial charge on any atom is 0.0352 e. The highest BCUT2D eigenvalue weighted by Crippen LogP contribution is 2.36. The topological polar surface area (TPSA) is 6.48 Å². The molecular formula is C17H25BrN2. The average molecular weight is 337 g/mol. The van der Waals surface area contributed by atoms with Gasteiger partial charge in [0.05, 0.1) is 0 Å². The quantitative estimate of drug-likeness (QED) is 0.809. The first kappa shape index (κ1) is 14.6. The summed E-state index contributed by atoms with van der Waals surface area (Å²) in [7, 11) is 0. The zero-order valence-electron chi connectivity index (χ0n) is 12.6. The normalized spacial score (nSPS) is 24.9. The maximum atomic E-state index is 3.61. The second kappa shape index (κ2) is 6.17. The first-order valence-corrected chi connectivity index (χ1v) is 8.71. The highest BCUT2D eigenvalue weighted by Gasteiger charge is 2.29. The van der Waals surface area contributed by atoms with Gasteiger partial charge in [0, 0.05) is 42.7 Å². The van der Waals surface area contributed by atoms with Gasteiger partial charge in [0.15, 0.2) is 0 Å². The fourth-order valence-electron chi connectivity index (χ4n) is 3.70. The van der Waals surface area contributed by atoms with Gasteiger partial charge in [-0.15, -0.1) is 0 Å². The molecule has 2 aliphatic rings. The maximum absolute atomic E-state index is 3.61. The molecule has 0 aromatic heterocycles. The summed E-state index contributed by atoms with van der Waals surface area (Å²) in [6.45, 7) is 9.50. The van der Waals surface area contributed by atoms with Gasteiger partial charge >= 0.3 is 0 Å². The summed E-state index contributed by atoms with van der Waals surface area (Å²) in [6, 6.07) is 8.22. The van der Waals surface area contributed by atoms with E-state index in [4.69, 9.17) is 0 Å². The lowest BCUT2D eigenvalue weighted by molar-refractivity contribution is 0.0716. The number of piperazine rings is 1. The lowest BCUT2D eigenvalue weighted by Gasteiger charge is -2.42. The Kier molecular flexibility index (Phi) is 4.49. The SMILES string of the molecule is CC(C)N1CCN(C2CCCc3cc(Br)ccc32)CC1. The molecule has 2 nitrogen and oxygen atoms in total. The third-order valence-corrected chi connectivity index (χ3v) is 5.40. The zero-order chi connectivity index (χ0) is 14.1. The third-order valence-electron chi connectivity index (χ3n) is 4.91. The van der Waals surface area contributed by atoms with Crippen LogP contribution in [0.15, 0.2) is 22.7 Å². The minimum Gasteiger partial charge on any atom is -0.298 e. The average Bonchev–Trinajstić information content (AvgIpc) is 2.46. The van der Waals surface area contributed by atoms with Crippen molar-refractivity contribution in [2.24, 2.45) is 0 Å². The largest absolute Gasteiger partial charge is 0.298 e. The van der Waals surface area contributed by atoms with Crippen LogP contribution in [0.3, 0.4) is 0 Å². The standard InChI is InChI=1S/C17H25BrN2/c1-13(2)19-8-10-20(11-9-19)17-5-3-4-14-12-15(18)6-7-16(14)17/h6-7,12-13,17H,3-5,8-11H2,1-2H3. The molecule has 1 heterocycles. The number of nitrogens with zero attached hydrogens (tertiary/aromatic N) is 2. The summed E-state index contributed by atoms with van der Waals surface area (Å²) in [6.07, 6.45) is 3.91. The first-order chi connectivity index (χ1) is 9.65. The summed E-state index contributed by atoms with van der Waals surface area (Å²) >= 11 is 3.61. The molecule has 1 aliphatic carbocycles. The fraction of sp³-hybridized carbons (Fsp3) is 0.647. The molecule has 0 spiro atoms. The minimum atomic E-state index is 0.654. The van der Waals surface area contributed by atoms with E-state index in [9.17, 15) is 0 Å². The molecule has 0 N–H and O–H groups in total. The predicted molar refractivity (Wildman–Crippen MR) is 88.1 cm³/mol. The van der Waals surface area contributed by atoms with E-state index in [0.717, 1.165) is 0 Å². The Bertz CT molecular complexity index is 464. The third kappa shape index (κ3) is 2.95. The molecule has 1 unspecified atom stereocenters. The summed E-state index contributed by atoms with van der Waals surface area (Å²) < 4.78 is 1.22. The van der Waals surface area contributed by atoms with Crippen LogP contribution in [0.1, 0.15) is 43.9 Å². The molecule has 1 aromatic rings. The monoisotopic (exact) mass is 336 g/mol. The van der Waals surface area contributed by atoms with Crippen molar-refractivity contribution in [3.05, 3.63) is 33.8 Å². The summed E-state index contributed by atoms with van der Waals surface area (Å²) in [4.78, 5) is 5.31. The molecule has 1 atom stereocenters. The Morgan fingerprint density at radius 2 is 1.90 bits per heavy atom. The van der Waals surface area contributed by atoms with Gasteiger partial charge in [0.2, 0.25) is 0 Å². The molecule has 110 valence electrons. The molecule has 1 aromatic carbocycles. The Labute approximate surface area is 131 Å². The van der Waals surface area contributed by atoms with Gasteiger partial charge in [-0.3, -0.25) is 9.80 Å². The van der Waals surface area contributed by atoms with Gasteiger partial charge in [-0.2, -0.15) is 0 Å². The Morgan fingerprint density at radius 1 is 1.15 bits per heavy atom. The van der Waals surface area contributed by atoms with Crippen molar-refractivity contribution < 1.29 is 0 Å². The van der Waals surface area contributed by atoms with Crippen LogP contribution >= 0.6 is 15.9 Å². The van der Waals surface area contributed by atoms with Crippen molar-refractivity contribution in [1.82, 2.24) is 9.80 Å². The van der Waals surface area contributed by atoms with E-state index in [-0.39, 0.29) is 0 Å². The number of benzene rings is 1. The van der Waals surface area contributed by atoms with Crippen LogP contribution in [-0.4, -0.2) is 42.0 Å². The van der Waals surface area contributed by atoms with E-state index < -0.39 is 0 Å². The number of rotatable bonds is 2. The molecule has 3 rings (SSSR count). The van der Waals surface area contributed by atoms with Crippen molar-refractivity contribution in [3.63, 3.8) is 0 Å². The van der Waals surface area contributed by atoms with Gasteiger partial charge < -0.3 is 0 Å². The number of hydrogen-bond donors (Lipinski definition) is 0. The molecule has 1 saturated heterocycles. The van der Waals surface area contributed by atoms with Crippen molar-refractivity contribution in [1.29, 1.82) is 0 Å². The second-order valence-electron chi connectivity index (χ2n) is 6.42. The van der Waals surface area contributed by atoms with Gasteiger partial charge in [0.25, 0.3) is 0 Å². The molecule has 3 heteroatoms. The Hall–Kier alpha value is -0.380. The number of fused-ring (bicyclic) bond motifs is 1. The molecule has 0 amide bonds. The number of aryl methyl sites for hydroxylation is 1. The van der Waals surface area contributed by atoms with E-state index in [1.807, 2.05) is 0 Å². The molecule has 1 fully saturated rings. The highest BCUT2D eigenvalue weighted by atomic mass is 79.9. The molecule has 0 saturated carbocycles. The molecule has 1 aliphatic heterocycles.